The number of hydrogen-bond donors (Lipinski definition) is 2. The van der Waals surface area contributed by atoms with Crippen molar-refractivity contribution in [1.29, 1.82) is 0 Å². The van der Waals surface area contributed by atoms with E-state index in [2.05, 4.69) is 10.6 Å². The van der Waals surface area contributed by atoms with Gasteiger partial charge in [0.1, 0.15) is 5.75 Å². The van der Waals surface area contributed by atoms with Gasteiger partial charge in [0, 0.05) is 24.8 Å². The molecule has 2 aromatic carbocycles. The number of rotatable bonds is 5. The number of ether oxygens (including phenoxy) is 1. The van der Waals surface area contributed by atoms with E-state index in [1.807, 2.05) is 60.7 Å². The van der Waals surface area contributed by atoms with Crippen LogP contribution in [0.4, 0.5) is 10.5 Å². The fourth-order valence-electron chi connectivity index (χ4n) is 3.03. The Morgan fingerprint density at radius 3 is 2.22 bits per heavy atom. The number of para-hydroxylation sites is 2. The summed E-state index contributed by atoms with van der Waals surface area (Å²) < 4.78 is 5.66. The lowest BCUT2D eigenvalue weighted by atomic mass is 10.1. The Balaban J connectivity index is 1.42. The number of benzene rings is 2. The Labute approximate surface area is 159 Å². The summed E-state index contributed by atoms with van der Waals surface area (Å²) in [5.74, 6) is 0.540. The molecule has 1 aliphatic rings. The highest BCUT2D eigenvalue weighted by Crippen LogP contribution is 2.15. The predicted octanol–water partition coefficient (Wildman–Crippen LogP) is 3.27. The Morgan fingerprint density at radius 1 is 1.00 bits per heavy atom. The van der Waals surface area contributed by atoms with Crippen molar-refractivity contribution in [2.45, 2.75) is 31.9 Å². The normalized spacial score (nSPS) is 15.7. The van der Waals surface area contributed by atoms with Gasteiger partial charge in [0.15, 0.2) is 6.10 Å². The lowest BCUT2D eigenvalue weighted by Gasteiger charge is -2.32. The molecule has 6 nitrogen and oxygen atoms in total. The standard InChI is InChI=1S/C21H25N3O3/c1-16(27-19-10-6-3-7-11-19)20(25)22-18-12-14-24(15-13-18)21(26)23-17-8-4-2-5-9-17/h2-11,16,18H,12-15H2,1H3,(H,22,25)(H,23,26). The van der Waals surface area contributed by atoms with Crippen LogP contribution in [0.5, 0.6) is 5.75 Å². The maximum Gasteiger partial charge on any atom is 0.321 e. The lowest BCUT2D eigenvalue weighted by molar-refractivity contribution is -0.128. The van der Waals surface area contributed by atoms with Crippen molar-refractivity contribution in [1.82, 2.24) is 10.2 Å². The van der Waals surface area contributed by atoms with Gasteiger partial charge in [-0.05, 0) is 44.0 Å². The highest BCUT2D eigenvalue weighted by Gasteiger charge is 2.25. The molecule has 1 atom stereocenters. The van der Waals surface area contributed by atoms with Crippen LogP contribution < -0.4 is 15.4 Å². The number of carbonyl (C=O) groups is 2. The summed E-state index contributed by atoms with van der Waals surface area (Å²) >= 11 is 0. The van der Waals surface area contributed by atoms with Crippen molar-refractivity contribution in [3.8, 4) is 5.75 Å². The topological polar surface area (TPSA) is 70.7 Å². The van der Waals surface area contributed by atoms with E-state index in [1.165, 1.54) is 0 Å². The molecule has 0 bridgehead atoms. The first kappa shape index (κ1) is 18.8. The smallest absolute Gasteiger partial charge is 0.321 e. The molecule has 0 spiro atoms. The summed E-state index contributed by atoms with van der Waals surface area (Å²) in [6, 6.07) is 18.6. The first-order valence-electron chi connectivity index (χ1n) is 9.25. The van der Waals surface area contributed by atoms with E-state index in [9.17, 15) is 9.59 Å². The number of hydrogen-bond acceptors (Lipinski definition) is 3. The molecule has 0 aromatic heterocycles. The van der Waals surface area contributed by atoms with Crippen LogP contribution in [0.2, 0.25) is 0 Å². The summed E-state index contributed by atoms with van der Waals surface area (Å²) in [5, 5.41) is 5.92. The summed E-state index contributed by atoms with van der Waals surface area (Å²) in [6.45, 7) is 2.96. The summed E-state index contributed by atoms with van der Waals surface area (Å²) in [6.07, 6.45) is 0.893. The number of amides is 3. The summed E-state index contributed by atoms with van der Waals surface area (Å²) in [5.41, 5.74) is 0.782. The first-order valence-corrected chi connectivity index (χ1v) is 9.25. The molecule has 1 fully saturated rings. The van der Waals surface area contributed by atoms with Crippen LogP contribution in [0.15, 0.2) is 60.7 Å². The van der Waals surface area contributed by atoms with E-state index in [0.717, 1.165) is 18.5 Å². The molecule has 3 amide bonds. The second-order valence-electron chi connectivity index (χ2n) is 6.64. The van der Waals surface area contributed by atoms with Gasteiger partial charge in [-0.2, -0.15) is 0 Å². The van der Waals surface area contributed by atoms with Gasteiger partial charge in [-0.15, -0.1) is 0 Å². The first-order chi connectivity index (χ1) is 13.1. The summed E-state index contributed by atoms with van der Waals surface area (Å²) in [4.78, 5) is 26.4. The zero-order chi connectivity index (χ0) is 19.1. The minimum absolute atomic E-state index is 0.0556. The van der Waals surface area contributed by atoms with Gasteiger partial charge in [-0.1, -0.05) is 36.4 Å². The van der Waals surface area contributed by atoms with E-state index < -0.39 is 6.10 Å². The van der Waals surface area contributed by atoms with Crippen molar-refractivity contribution >= 4 is 17.6 Å². The van der Waals surface area contributed by atoms with E-state index in [4.69, 9.17) is 4.74 Å². The SMILES string of the molecule is CC(Oc1ccccc1)C(=O)NC1CCN(C(=O)Nc2ccccc2)CC1. The van der Waals surface area contributed by atoms with Gasteiger partial charge in [0.2, 0.25) is 0 Å². The highest BCUT2D eigenvalue weighted by atomic mass is 16.5. The molecule has 1 aliphatic heterocycles. The molecular weight excluding hydrogens is 342 g/mol. The molecule has 142 valence electrons. The van der Waals surface area contributed by atoms with Gasteiger partial charge in [0.25, 0.3) is 5.91 Å². The maximum absolute atomic E-state index is 12.3. The fourth-order valence-corrected chi connectivity index (χ4v) is 3.03. The zero-order valence-electron chi connectivity index (χ0n) is 15.4. The van der Waals surface area contributed by atoms with Gasteiger partial charge < -0.3 is 20.3 Å². The third kappa shape index (κ3) is 5.48. The van der Waals surface area contributed by atoms with E-state index >= 15 is 0 Å². The van der Waals surface area contributed by atoms with Crippen LogP contribution in [0.3, 0.4) is 0 Å². The van der Waals surface area contributed by atoms with Crippen LogP contribution >= 0.6 is 0 Å². The molecule has 1 unspecified atom stereocenters. The minimum Gasteiger partial charge on any atom is -0.481 e. The van der Waals surface area contributed by atoms with Crippen molar-refractivity contribution in [3.63, 3.8) is 0 Å². The van der Waals surface area contributed by atoms with Crippen molar-refractivity contribution in [3.05, 3.63) is 60.7 Å². The molecule has 2 aromatic rings. The largest absolute Gasteiger partial charge is 0.481 e. The predicted molar refractivity (Wildman–Crippen MR) is 105 cm³/mol. The Morgan fingerprint density at radius 2 is 1.59 bits per heavy atom. The third-order valence-corrected chi connectivity index (χ3v) is 4.58. The molecule has 1 heterocycles. The molecule has 3 rings (SSSR count). The van der Waals surface area contributed by atoms with Gasteiger partial charge in [-0.25, -0.2) is 4.79 Å². The second-order valence-corrected chi connectivity index (χ2v) is 6.64. The Bertz CT molecular complexity index is 744. The van der Waals surface area contributed by atoms with Crippen LogP contribution in [0.1, 0.15) is 19.8 Å². The molecule has 27 heavy (non-hydrogen) atoms. The lowest BCUT2D eigenvalue weighted by Crippen LogP contribution is -2.50. The van der Waals surface area contributed by atoms with E-state index in [0.29, 0.717) is 18.8 Å². The van der Waals surface area contributed by atoms with Crippen LogP contribution in [-0.2, 0) is 4.79 Å². The zero-order valence-corrected chi connectivity index (χ0v) is 15.4. The number of nitrogens with one attached hydrogen (secondary N) is 2. The van der Waals surface area contributed by atoms with E-state index in [1.54, 1.807) is 11.8 Å². The molecular formula is C21H25N3O3. The quantitative estimate of drug-likeness (QED) is 0.852. The van der Waals surface area contributed by atoms with Gasteiger partial charge in [-0.3, -0.25) is 4.79 Å². The number of likely N-dealkylation sites (tertiary alicyclic amines) is 1. The Kier molecular flexibility index (Phi) is 6.30. The van der Waals surface area contributed by atoms with Crippen molar-refractivity contribution in [2.75, 3.05) is 18.4 Å². The molecule has 0 saturated carbocycles. The monoisotopic (exact) mass is 367 g/mol. The second kappa shape index (κ2) is 9.07. The number of piperidine rings is 1. The highest BCUT2D eigenvalue weighted by molar-refractivity contribution is 5.89. The van der Waals surface area contributed by atoms with E-state index in [-0.39, 0.29) is 18.0 Å². The molecule has 0 radical (unpaired) electrons. The number of anilines is 1. The number of carbonyl (C=O) groups excluding carboxylic acids is 2. The molecule has 6 heteroatoms. The van der Waals surface area contributed by atoms with Crippen LogP contribution in [-0.4, -0.2) is 42.1 Å². The average Bonchev–Trinajstić information content (AvgIpc) is 2.70. The molecule has 0 aliphatic carbocycles. The molecule has 1 saturated heterocycles. The van der Waals surface area contributed by atoms with Crippen molar-refractivity contribution in [2.24, 2.45) is 0 Å². The van der Waals surface area contributed by atoms with Crippen molar-refractivity contribution < 1.29 is 14.3 Å². The third-order valence-electron chi connectivity index (χ3n) is 4.58. The fraction of sp³-hybridized carbons (Fsp3) is 0.333. The molecule has 2 N–H and O–H groups in total. The van der Waals surface area contributed by atoms with Gasteiger partial charge >= 0.3 is 6.03 Å². The Hall–Kier alpha value is -3.02. The minimum atomic E-state index is -0.563. The average molecular weight is 367 g/mol. The maximum atomic E-state index is 12.3. The van der Waals surface area contributed by atoms with Gasteiger partial charge in [0.05, 0.1) is 0 Å². The summed E-state index contributed by atoms with van der Waals surface area (Å²) in [7, 11) is 0. The van der Waals surface area contributed by atoms with Crippen LogP contribution in [0, 0.1) is 0 Å². The number of urea groups is 1. The van der Waals surface area contributed by atoms with Crippen LogP contribution in [0.25, 0.3) is 0 Å². The number of nitrogens with zero attached hydrogens (tertiary/aromatic N) is 1.